The summed E-state index contributed by atoms with van der Waals surface area (Å²) >= 11 is 7.11. The van der Waals surface area contributed by atoms with E-state index in [-0.39, 0.29) is 11.4 Å². The van der Waals surface area contributed by atoms with E-state index in [9.17, 15) is 13.6 Å². The number of carbonyl (C=O) groups excluding carboxylic acids is 1. The molecule has 2 aromatic carbocycles. The molecule has 0 aliphatic rings. The van der Waals surface area contributed by atoms with Crippen LogP contribution in [0.3, 0.4) is 0 Å². The summed E-state index contributed by atoms with van der Waals surface area (Å²) in [6, 6.07) is 10.5. The zero-order valence-corrected chi connectivity index (χ0v) is 16.5. The van der Waals surface area contributed by atoms with Crippen LogP contribution < -0.4 is 5.32 Å². The van der Waals surface area contributed by atoms with E-state index in [1.165, 1.54) is 17.8 Å². The molecular formula is C19H17ClF2N4OS. The lowest BCUT2D eigenvalue weighted by molar-refractivity contribution is -0.113. The summed E-state index contributed by atoms with van der Waals surface area (Å²) in [4.78, 5) is 12.1. The van der Waals surface area contributed by atoms with Crippen LogP contribution in [0.2, 0.25) is 5.02 Å². The van der Waals surface area contributed by atoms with Gasteiger partial charge in [0, 0.05) is 24.1 Å². The van der Waals surface area contributed by atoms with Gasteiger partial charge in [-0.3, -0.25) is 4.79 Å². The van der Waals surface area contributed by atoms with Crippen LogP contribution in [0.15, 0.2) is 47.6 Å². The highest BCUT2D eigenvalue weighted by atomic mass is 35.5. The van der Waals surface area contributed by atoms with Crippen molar-refractivity contribution in [3.63, 3.8) is 0 Å². The van der Waals surface area contributed by atoms with Gasteiger partial charge in [0.1, 0.15) is 17.5 Å². The third kappa shape index (κ3) is 5.08. The number of halogens is 3. The van der Waals surface area contributed by atoms with E-state index in [1.54, 1.807) is 0 Å². The van der Waals surface area contributed by atoms with Crippen molar-refractivity contribution in [2.75, 3.05) is 11.1 Å². The molecule has 9 heteroatoms. The lowest BCUT2D eigenvalue weighted by Gasteiger charge is -2.08. The van der Waals surface area contributed by atoms with Crippen LogP contribution in [0, 0.1) is 11.6 Å². The van der Waals surface area contributed by atoms with Crippen molar-refractivity contribution in [2.24, 2.45) is 0 Å². The van der Waals surface area contributed by atoms with Gasteiger partial charge in [-0.05, 0) is 36.8 Å². The molecule has 0 unspecified atom stereocenters. The highest BCUT2D eigenvalue weighted by molar-refractivity contribution is 7.99. The zero-order chi connectivity index (χ0) is 20.1. The SMILES string of the molecule is CCn1c(Cc2ccc(Cl)cc2)nnc1SCC(=O)Nc1ccc(F)cc1F. The first kappa shape index (κ1) is 20.3. The van der Waals surface area contributed by atoms with Crippen molar-refractivity contribution in [1.82, 2.24) is 14.8 Å². The predicted octanol–water partition coefficient (Wildman–Crippen LogP) is 4.55. The fourth-order valence-corrected chi connectivity index (χ4v) is 3.51. The number of amides is 1. The molecule has 0 bridgehead atoms. The molecule has 1 N–H and O–H groups in total. The number of hydrogen-bond donors (Lipinski definition) is 1. The quantitative estimate of drug-likeness (QED) is 0.567. The maximum absolute atomic E-state index is 13.6. The van der Waals surface area contributed by atoms with E-state index in [0.29, 0.717) is 23.1 Å². The van der Waals surface area contributed by atoms with E-state index in [4.69, 9.17) is 11.6 Å². The zero-order valence-electron chi connectivity index (χ0n) is 15.0. The summed E-state index contributed by atoms with van der Waals surface area (Å²) in [6.45, 7) is 2.61. The number of carbonyl (C=O) groups is 1. The number of rotatable bonds is 7. The lowest BCUT2D eigenvalue weighted by Crippen LogP contribution is -2.15. The van der Waals surface area contributed by atoms with Gasteiger partial charge in [-0.1, -0.05) is 35.5 Å². The maximum atomic E-state index is 13.6. The molecule has 146 valence electrons. The Labute approximate surface area is 170 Å². The van der Waals surface area contributed by atoms with Crippen molar-refractivity contribution in [2.45, 2.75) is 25.0 Å². The molecule has 0 spiro atoms. The number of nitrogens with zero attached hydrogens (tertiary/aromatic N) is 3. The van der Waals surface area contributed by atoms with Crippen LogP contribution >= 0.6 is 23.4 Å². The van der Waals surface area contributed by atoms with Crippen LogP contribution in [0.25, 0.3) is 0 Å². The van der Waals surface area contributed by atoms with Gasteiger partial charge in [-0.25, -0.2) is 8.78 Å². The van der Waals surface area contributed by atoms with Gasteiger partial charge in [0.05, 0.1) is 11.4 Å². The molecule has 0 saturated heterocycles. The second-order valence-corrected chi connectivity index (χ2v) is 7.29. The summed E-state index contributed by atoms with van der Waals surface area (Å²) in [7, 11) is 0. The molecule has 1 heterocycles. The third-order valence-electron chi connectivity index (χ3n) is 3.92. The monoisotopic (exact) mass is 422 g/mol. The van der Waals surface area contributed by atoms with Crippen LogP contribution in [0.5, 0.6) is 0 Å². The Morgan fingerprint density at radius 1 is 1.18 bits per heavy atom. The topological polar surface area (TPSA) is 59.8 Å². The Balaban J connectivity index is 1.63. The summed E-state index contributed by atoms with van der Waals surface area (Å²) in [5, 5.41) is 12.1. The van der Waals surface area contributed by atoms with Crippen LogP contribution in [0.4, 0.5) is 14.5 Å². The minimum atomic E-state index is -0.819. The number of thioether (sulfide) groups is 1. The average molecular weight is 423 g/mol. The molecule has 0 aliphatic carbocycles. The second kappa shape index (κ2) is 9.16. The fraction of sp³-hybridized carbons (Fsp3) is 0.211. The van der Waals surface area contributed by atoms with Crippen molar-refractivity contribution >= 4 is 35.0 Å². The molecule has 3 rings (SSSR count). The van der Waals surface area contributed by atoms with Crippen molar-refractivity contribution in [1.29, 1.82) is 0 Å². The highest BCUT2D eigenvalue weighted by Crippen LogP contribution is 2.21. The molecule has 0 radical (unpaired) electrons. The van der Waals surface area contributed by atoms with Crippen LogP contribution in [0.1, 0.15) is 18.3 Å². The van der Waals surface area contributed by atoms with Gasteiger partial charge in [0.25, 0.3) is 0 Å². The van der Waals surface area contributed by atoms with E-state index < -0.39 is 17.5 Å². The van der Waals surface area contributed by atoms with Crippen LogP contribution in [-0.2, 0) is 17.8 Å². The molecule has 3 aromatic rings. The first-order chi connectivity index (χ1) is 13.5. The van der Waals surface area contributed by atoms with Gasteiger partial charge >= 0.3 is 0 Å². The molecule has 1 aromatic heterocycles. The van der Waals surface area contributed by atoms with Gasteiger partial charge in [-0.15, -0.1) is 10.2 Å². The van der Waals surface area contributed by atoms with E-state index >= 15 is 0 Å². The van der Waals surface area contributed by atoms with Crippen molar-refractivity contribution in [3.8, 4) is 0 Å². The highest BCUT2D eigenvalue weighted by Gasteiger charge is 2.14. The third-order valence-corrected chi connectivity index (χ3v) is 5.14. The minimum Gasteiger partial charge on any atom is -0.323 e. The van der Waals surface area contributed by atoms with Crippen molar-refractivity contribution in [3.05, 3.63) is 70.5 Å². The van der Waals surface area contributed by atoms with Gasteiger partial charge in [-0.2, -0.15) is 0 Å². The fourth-order valence-electron chi connectivity index (χ4n) is 2.57. The van der Waals surface area contributed by atoms with Crippen molar-refractivity contribution < 1.29 is 13.6 Å². The Bertz CT molecular complexity index is 979. The number of anilines is 1. The molecule has 0 atom stereocenters. The van der Waals surface area contributed by atoms with E-state index in [0.717, 1.165) is 23.5 Å². The predicted molar refractivity (Wildman–Crippen MR) is 106 cm³/mol. The normalized spacial score (nSPS) is 10.9. The van der Waals surface area contributed by atoms with E-state index in [2.05, 4.69) is 15.5 Å². The Kier molecular flexibility index (Phi) is 6.64. The summed E-state index contributed by atoms with van der Waals surface area (Å²) in [5.41, 5.74) is 0.986. The maximum Gasteiger partial charge on any atom is 0.234 e. The summed E-state index contributed by atoms with van der Waals surface area (Å²) in [5.74, 6) is -1.14. The molecule has 0 saturated carbocycles. The summed E-state index contributed by atoms with van der Waals surface area (Å²) < 4.78 is 28.5. The Morgan fingerprint density at radius 2 is 1.93 bits per heavy atom. The number of aromatic nitrogens is 3. The molecular weight excluding hydrogens is 406 g/mol. The standard InChI is InChI=1S/C19H17ClF2N4OS/c1-2-26-17(9-12-3-5-13(20)6-4-12)24-25-19(26)28-11-18(27)23-16-8-7-14(21)10-15(16)22/h3-8,10H,2,9,11H2,1H3,(H,23,27). The van der Waals surface area contributed by atoms with Gasteiger partial charge < -0.3 is 9.88 Å². The Morgan fingerprint density at radius 3 is 2.61 bits per heavy atom. The summed E-state index contributed by atoms with van der Waals surface area (Å²) in [6.07, 6.45) is 0.589. The Hall–Kier alpha value is -2.45. The first-order valence-electron chi connectivity index (χ1n) is 8.50. The van der Waals surface area contributed by atoms with Crippen LogP contribution in [-0.4, -0.2) is 26.4 Å². The molecule has 1 amide bonds. The number of benzene rings is 2. The molecule has 0 fully saturated rings. The molecule has 5 nitrogen and oxygen atoms in total. The number of hydrogen-bond acceptors (Lipinski definition) is 4. The molecule has 0 aliphatic heterocycles. The van der Waals surface area contributed by atoms with E-state index in [1.807, 2.05) is 35.8 Å². The minimum absolute atomic E-state index is 0.0237. The molecule has 28 heavy (non-hydrogen) atoms. The van der Waals surface area contributed by atoms with Gasteiger partial charge in [0.15, 0.2) is 5.16 Å². The largest absolute Gasteiger partial charge is 0.323 e. The van der Waals surface area contributed by atoms with Gasteiger partial charge in [0.2, 0.25) is 5.91 Å². The number of nitrogens with one attached hydrogen (secondary N) is 1. The second-order valence-electron chi connectivity index (χ2n) is 5.91. The smallest absolute Gasteiger partial charge is 0.234 e. The average Bonchev–Trinajstić information content (AvgIpc) is 3.05. The first-order valence-corrected chi connectivity index (χ1v) is 9.87. The lowest BCUT2D eigenvalue weighted by atomic mass is 10.1.